The van der Waals surface area contributed by atoms with Gasteiger partial charge in [0.05, 0.1) is 7.11 Å². The number of benzene rings is 1. The van der Waals surface area contributed by atoms with E-state index in [2.05, 4.69) is 10.1 Å². The van der Waals surface area contributed by atoms with E-state index in [9.17, 15) is 14.7 Å². The minimum atomic E-state index is -0.774. The van der Waals surface area contributed by atoms with Crippen LogP contribution in [0.2, 0.25) is 0 Å². The number of ether oxygens (including phenoxy) is 1. The van der Waals surface area contributed by atoms with E-state index in [4.69, 9.17) is 0 Å². The predicted molar refractivity (Wildman–Crippen MR) is 83.2 cm³/mol. The molecule has 2 rings (SSSR count). The fourth-order valence-corrected chi connectivity index (χ4v) is 2.69. The van der Waals surface area contributed by atoms with Crippen molar-refractivity contribution in [1.29, 1.82) is 0 Å². The van der Waals surface area contributed by atoms with Crippen molar-refractivity contribution in [2.75, 3.05) is 7.11 Å². The van der Waals surface area contributed by atoms with Crippen molar-refractivity contribution in [3.63, 3.8) is 0 Å². The van der Waals surface area contributed by atoms with Crippen LogP contribution in [0.4, 0.5) is 0 Å². The zero-order valence-electron chi connectivity index (χ0n) is 12.7. The van der Waals surface area contributed by atoms with Gasteiger partial charge in [0.25, 0.3) is 0 Å². The molecule has 0 amide bonds. The van der Waals surface area contributed by atoms with Gasteiger partial charge in [0.15, 0.2) is 0 Å². The zero-order chi connectivity index (χ0) is 16.0. The molecule has 0 bridgehead atoms. The average molecular weight is 303 g/mol. The number of aliphatic carboxylic acids is 1. The van der Waals surface area contributed by atoms with E-state index in [0.717, 1.165) is 24.0 Å². The normalized spacial score (nSPS) is 16.8. The first-order valence-electron chi connectivity index (χ1n) is 7.39. The van der Waals surface area contributed by atoms with E-state index < -0.39 is 17.5 Å². The molecule has 1 saturated carbocycles. The number of carboxylic acid groups (broad SMARTS) is 1. The third-order valence-electron chi connectivity index (χ3n) is 4.09. The quantitative estimate of drug-likeness (QED) is 0.623. The zero-order valence-corrected chi connectivity index (χ0v) is 12.7. The number of methoxy groups -OCH3 is 1. The van der Waals surface area contributed by atoms with Gasteiger partial charge in [-0.15, -0.1) is 0 Å². The first kappa shape index (κ1) is 16.2. The maximum Gasteiger partial charge on any atom is 0.330 e. The summed E-state index contributed by atoms with van der Waals surface area (Å²) in [5.41, 5.74) is 1.13. The highest BCUT2D eigenvalue weighted by molar-refractivity contribution is 5.86. The van der Waals surface area contributed by atoms with Gasteiger partial charge in [-0.2, -0.15) is 0 Å². The lowest BCUT2D eigenvalue weighted by Gasteiger charge is -2.25. The third kappa shape index (κ3) is 3.95. The Morgan fingerprint density at radius 3 is 2.45 bits per heavy atom. The van der Waals surface area contributed by atoms with E-state index >= 15 is 0 Å². The first-order valence-corrected chi connectivity index (χ1v) is 7.39. The Hall–Kier alpha value is -2.14. The summed E-state index contributed by atoms with van der Waals surface area (Å²) in [5, 5.41) is 12.6. The van der Waals surface area contributed by atoms with Crippen LogP contribution in [0.5, 0.6) is 0 Å². The Morgan fingerprint density at radius 2 is 1.91 bits per heavy atom. The van der Waals surface area contributed by atoms with Crippen molar-refractivity contribution in [3.8, 4) is 0 Å². The molecule has 5 nitrogen and oxygen atoms in total. The summed E-state index contributed by atoms with van der Waals surface area (Å²) < 4.78 is 4.53. The Labute approximate surface area is 130 Å². The maximum atomic E-state index is 11.5. The number of hydrogen-bond acceptors (Lipinski definition) is 4. The van der Waals surface area contributed by atoms with E-state index in [0.29, 0.717) is 19.4 Å². The molecular weight excluding hydrogens is 282 g/mol. The SMILES string of the molecule is COC(=O)C=Cc1ccc(CNC2(C(=O)O)CCCC2)cc1. The molecule has 0 atom stereocenters. The van der Waals surface area contributed by atoms with Crippen LogP contribution in [0.25, 0.3) is 6.08 Å². The van der Waals surface area contributed by atoms with Gasteiger partial charge < -0.3 is 9.84 Å². The molecule has 0 aliphatic heterocycles. The molecule has 1 aliphatic rings. The molecule has 0 unspecified atom stereocenters. The molecule has 5 heteroatoms. The second kappa shape index (κ2) is 7.22. The Bertz CT molecular complexity index is 557. The molecule has 1 aliphatic carbocycles. The van der Waals surface area contributed by atoms with Crippen molar-refractivity contribution in [1.82, 2.24) is 5.32 Å². The van der Waals surface area contributed by atoms with Gasteiger partial charge in [-0.1, -0.05) is 37.1 Å². The molecule has 0 saturated heterocycles. The summed E-state index contributed by atoms with van der Waals surface area (Å²) in [7, 11) is 1.34. The van der Waals surface area contributed by atoms with Crippen molar-refractivity contribution in [2.45, 2.75) is 37.8 Å². The second-order valence-electron chi connectivity index (χ2n) is 5.55. The van der Waals surface area contributed by atoms with Crippen LogP contribution >= 0.6 is 0 Å². The molecule has 1 aromatic rings. The molecule has 1 fully saturated rings. The van der Waals surface area contributed by atoms with Gasteiger partial charge in [0.2, 0.25) is 0 Å². The first-order chi connectivity index (χ1) is 10.6. The fraction of sp³-hybridized carbons (Fsp3) is 0.412. The smallest absolute Gasteiger partial charge is 0.330 e. The highest BCUT2D eigenvalue weighted by atomic mass is 16.5. The summed E-state index contributed by atoms with van der Waals surface area (Å²) in [6.07, 6.45) is 6.32. The van der Waals surface area contributed by atoms with Crippen LogP contribution in [0.3, 0.4) is 0 Å². The van der Waals surface area contributed by atoms with Crippen LogP contribution in [-0.2, 0) is 20.9 Å². The van der Waals surface area contributed by atoms with Crippen LogP contribution in [0, 0.1) is 0 Å². The number of nitrogens with one attached hydrogen (secondary N) is 1. The van der Waals surface area contributed by atoms with Crippen LogP contribution < -0.4 is 5.32 Å². The standard InChI is InChI=1S/C17H21NO4/c1-22-15(19)9-8-13-4-6-14(7-5-13)12-18-17(16(20)21)10-2-3-11-17/h4-9,18H,2-3,10-12H2,1H3,(H,20,21). The van der Waals surface area contributed by atoms with Gasteiger partial charge in [-0.3, -0.25) is 10.1 Å². The highest BCUT2D eigenvalue weighted by Gasteiger charge is 2.40. The molecule has 1 aromatic carbocycles. The molecule has 118 valence electrons. The maximum absolute atomic E-state index is 11.5. The molecule has 2 N–H and O–H groups in total. The number of rotatable bonds is 6. The lowest BCUT2D eigenvalue weighted by molar-refractivity contribution is -0.144. The van der Waals surface area contributed by atoms with Crippen molar-refractivity contribution >= 4 is 18.0 Å². The minimum absolute atomic E-state index is 0.393. The van der Waals surface area contributed by atoms with Crippen LogP contribution in [0.1, 0.15) is 36.8 Å². The molecule has 0 heterocycles. The monoisotopic (exact) mass is 303 g/mol. The van der Waals surface area contributed by atoms with Crippen LogP contribution in [-0.4, -0.2) is 29.7 Å². The van der Waals surface area contributed by atoms with E-state index in [1.807, 2.05) is 24.3 Å². The van der Waals surface area contributed by atoms with E-state index in [1.165, 1.54) is 13.2 Å². The highest BCUT2D eigenvalue weighted by Crippen LogP contribution is 2.30. The lowest BCUT2D eigenvalue weighted by atomic mass is 9.97. The fourth-order valence-electron chi connectivity index (χ4n) is 2.69. The summed E-state index contributed by atoms with van der Waals surface area (Å²) in [5.74, 6) is -1.15. The molecular formula is C17H21NO4. The van der Waals surface area contributed by atoms with Gasteiger partial charge in [0, 0.05) is 12.6 Å². The largest absolute Gasteiger partial charge is 0.480 e. The molecule has 0 aromatic heterocycles. The Kier molecular flexibility index (Phi) is 5.33. The average Bonchev–Trinajstić information content (AvgIpc) is 3.02. The van der Waals surface area contributed by atoms with Gasteiger partial charge >= 0.3 is 11.9 Å². The van der Waals surface area contributed by atoms with Gasteiger partial charge in [-0.25, -0.2) is 4.79 Å². The second-order valence-corrected chi connectivity index (χ2v) is 5.55. The van der Waals surface area contributed by atoms with Gasteiger partial charge in [-0.05, 0) is 30.0 Å². The van der Waals surface area contributed by atoms with Crippen LogP contribution in [0.15, 0.2) is 30.3 Å². The summed E-state index contributed by atoms with van der Waals surface area (Å²) in [6, 6.07) is 7.62. The lowest BCUT2D eigenvalue weighted by Crippen LogP contribution is -2.49. The predicted octanol–water partition coefficient (Wildman–Crippen LogP) is 2.36. The van der Waals surface area contributed by atoms with Crippen molar-refractivity contribution < 1.29 is 19.4 Å². The van der Waals surface area contributed by atoms with Crippen molar-refractivity contribution in [3.05, 3.63) is 41.5 Å². The summed E-state index contributed by atoms with van der Waals surface area (Å²) in [4.78, 5) is 22.5. The topological polar surface area (TPSA) is 75.6 Å². The Balaban J connectivity index is 1.95. The molecule has 0 spiro atoms. The molecule has 0 radical (unpaired) electrons. The summed E-state index contributed by atoms with van der Waals surface area (Å²) in [6.45, 7) is 0.521. The number of carboxylic acids is 1. The summed E-state index contributed by atoms with van der Waals surface area (Å²) >= 11 is 0. The number of carbonyl (C=O) groups excluding carboxylic acids is 1. The number of carbonyl (C=O) groups is 2. The minimum Gasteiger partial charge on any atom is -0.480 e. The third-order valence-corrected chi connectivity index (χ3v) is 4.09. The Morgan fingerprint density at radius 1 is 1.27 bits per heavy atom. The number of esters is 1. The number of hydrogen-bond donors (Lipinski definition) is 2. The van der Waals surface area contributed by atoms with E-state index in [1.54, 1.807) is 6.08 Å². The van der Waals surface area contributed by atoms with Crippen molar-refractivity contribution in [2.24, 2.45) is 0 Å². The van der Waals surface area contributed by atoms with E-state index in [-0.39, 0.29) is 0 Å². The molecule has 22 heavy (non-hydrogen) atoms. The van der Waals surface area contributed by atoms with Gasteiger partial charge in [0.1, 0.15) is 5.54 Å².